The zero-order valence-electron chi connectivity index (χ0n) is 9.17. The highest BCUT2D eigenvalue weighted by Crippen LogP contribution is 2.20. The van der Waals surface area contributed by atoms with Gasteiger partial charge in [-0.2, -0.15) is 13.2 Å². The number of aromatic nitrogens is 1. The Bertz CT molecular complexity index is 338. The van der Waals surface area contributed by atoms with Gasteiger partial charge in [-0.15, -0.1) is 0 Å². The van der Waals surface area contributed by atoms with Crippen LogP contribution in [0.2, 0.25) is 0 Å². The molecule has 0 atom stereocenters. The summed E-state index contributed by atoms with van der Waals surface area (Å²) in [6.07, 6.45) is -4.22. The zero-order valence-corrected chi connectivity index (χ0v) is 9.17. The number of pyridine rings is 1. The summed E-state index contributed by atoms with van der Waals surface area (Å²) in [7, 11) is 1.37. The standard InChI is InChI=1S/C10H14F3N3/c1-3-14-8-5-4-6-9(15-8)16(2)7-10(11,12)13/h4-6H,3,7H2,1-2H3,(H,14,15). The van der Waals surface area contributed by atoms with Crippen LogP contribution in [0.5, 0.6) is 0 Å². The molecule has 0 fully saturated rings. The first-order valence-electron chi connectivity index (χ1n) is 4.91. The molecule has 1 heterocycles. The fraction of sp³-hybridized carbons (Fsp3) is 0.500. The molecule has 3 nitrogen and oxygen atoms in total. The Morgan fingerprint density at radius 1 is 1.38 bits per heavy atom. The van der Waals surface area contributed by atoms with Gasteiger partial charge in [-0.1, -0.05) is 6.07 Å². The lowest BCUT2D eigenvalue weighted by Gasteiger charge is -2.20. The summed E-state index contributed by atoms with van der Waals surface area (Å²) in [5, 5.41) is 2.95. The maximum atomic E-state index is 12.2. The van der Waals surface area contributed by atoms with Crippen LogP contribution in [0, 0.1) is 0 Å². The molecule has 0 unspecified atom stereocenters. The van der Waals surface area contributed by atoms with Crippen LogP contribution < -0.4 is 10.2 Å². The van der Waals surface area contributed by atoms with Crippen molar-refractivity contribution in [2.75, 3.05) is 30.4 Å². The normalized spacial score (nSPS) is 11.3. The van der Waals surface area contributed by atoms with Gasteiger partial charge in [0.2, 0.25) is 0 Å². The second-order valence-electron chi connectivity index (χ2n) is 3.38. The smallest absolute Gasteiger partial charge is 0.370 e. The average Bonchev–Trinajstić information content (AvgIpc) is 2.16. The van der Waals surface area contributed by atoms with Gasteiger partial charge in [0.25, 0.3) is 0 Å². The van der Waals surface area contributed by atoms with Crippen LogP contribution in [-0.4, -0.2) is 31.3 Å². The summed E-state index contributed by atoms with van der Waals surface area (Å²) in [5.41, 5.74) is 0. The van der Waals surface area contributed by atoms with Crippen molar-refractivity contribution >= 4 is 11.6 Å². The third kappa shape index (κ3) is 3.96. The van der Waals surface area contributed by atoms with Crippen molar-refractivity contribution in [2.45, 2.75) is 13.1 Å². The number of hydrogen-bond acceptors (Lipinski definition) is 3. The summed E-state index contributed by atoms with van der Waals surface area (Å²) >= 11 is 0. The quantitative estimate of drug-likeness (QED) is 0.866. The van der Waals surface area contributed by atoms with Crippen LogP contribution in [0.15, 0.2) is 18.2 Å². The van der Waals surface area contributed by atoms with E-state index in [1.54, 1.807) is 18.2 Å². The molecule has 1 N–H and O–H groups in total. The molecule has 0 saturated heterocycles. The summed E-state index contributed by atoms with van der Waals surface area (Å²) < 4.78 is 36.5. The SMILES string of the molecule is CCNc1cccc(N(C)CC(F)(F)F)n1. The molecule has 0 aliphatic heterocycles. The topological polar surface area (TPSA) is 28.2 Å². The molecule has 0 saturated carbocycles. The van der Waals surface area contributed by atoms with Crippen LogP contribution in [-0.2, 0) is 0 Å². The number of nitrogens with zero attached hydrogens (tertiary/aromatic N) is 2. The van der Waals surface area contributed by atoms with Gasteiger partial charge in [-0.3, -0.25) is 0 Å². The fourth-order valence-corrected chi connectivity index (χ4v) is 1.27. The molecular weight excluding hydrogens is 219 g/mol. The number of anilines is 2. The molecule has 90 valence electrons. The molecule has 0 spiro atoms. The van der Waals surface area contributed by atoms with Gasteiger partial charge < -0.3 is 10.2 Å². The van der Waals surface area contributed by atoms with Crippen LogP contribution in [0.4, 0.5) is 24.8 Å². The first kappa shape index (κ1) is 12.6. The van der Waals surface area contributed by atoms with Crippen LogP contribution in [0.25, 0.3) is 0 Å². The molecule has 0 amide bonds. The predicted molar refractivity (Wildman–Crippen MR) is 57.7 cm³/mol. The summed E-state index contributed by atoms with van der Waals surface area (Å²) in [4.78, 5) is 5.13. The number of rotatable bonds is 4. The molecule has 1 aromatic rings. The highest BCUT2D eigenvalue weighted by atomic mass is 19.4. The van der Waals surface area contributed by atoms with E-state index >= 15 is 0 Å². The molecule has 1 rings (SSSR count). The average molecular weight is 233 g/mol. The molecule has 0 aliphatic rings. The zero-order chi connectivity index (χ0) is 12.2. The Morgan fingerprint density at radius 3 is 2.62 bits per heavy atom. The maximum Gasteiger partial charge on any atom is 0.405 e. The van der Waals surface area contributed by atoms with Gasteiger partial charge in [0.1, 0.15) is 18.2 Å². The molecule has 0 aromatic carbocycles. The monoisotopic (exact) mass is 233 g/mol. The molecule has 0 bridgehead atoms. The number of nitrogens with one attached hydrogen (secondary N) is 1. The molecule has 1 aromatic heterocycles. The van der Waals surface area contributed by atoms with Gasteiger partial charge in [-0.05, 0) is 19.1 Å². The molecule has 16 heavy (non-hydrogen) atoms. The van der Waals surface area contributed by atoms with Crippen molar-refractivity contribution < 1.29 is 13.2 Å². The Morgan fingerprint density at radius 2 is 2.06 bits per heavy atom. The minimum Gasteiger partial charge on any atom is -0.370 e. The van der Waals surface area contributed by atoms with E-state index in [0.29, 0.717) is 18.2 Å². The van der Waals surface area contributed by atoms with Gasteiger partial charge in [0.05, 0.1) is 0 Å². The highest BCUT2D eigenvalue weighted by Gasteiger charge is 2.29. The lowest BCUT2D eigenvalue weighted by Crippen LogP contribution is -2.31. The van der Waals surface area contributed by atoms with Crippen molar-refractivity contribution in [1.29, 1.82) is 0 Å². The van der Waals surface area contributed by atoms with E-state index < -0.39 is 12.7 Å². The van der Waals surface area contributed by atoms with Crippen LogP contribution in [0.1, 0.15) is 6.92 Å². The van der Waals surface area contributed by atoms with E-state index in [9.17, 15) is 13.2 Å². The van der Waals surface area contributed by atoms with Crippen molar-refractivity contribution in [2.24, 2.45) is 0 Å². The number of halogens is 3. The van der Waals surface area contributed by atoms with E-state index in [1.165, 1.54) is 7.05 Å². The van der Waals surface area contributed by atoms with Gasteiger partial charge in [-0.25, -0.2) is 4.98 Å². The third-order valence-electron chi connectivity index (χ3n) is 1.90. The van der Waals surface area contributed by atoms with Crippen LogP contribution in [0.3, 0.4) is 0 Å². The van der Waals surface area contributed by atoms with Crippen molar-refractivity contribution in [3.05, 3.63) is 18.2 Å². The van der Waals surface area contributed by atoms with E-state index in [4.69, 9.17) is 0 Å². The van der Waals surface area contributed by atoms with Gasteiger partial charge >= 0.3 is 6.18 Å². The molecule has 0 aliphatic carbocycles. The van der Waals surface area contributed by atoms with Crippen molar-refractivity contribution in [3.8, 4) is 0 Å². The molecule has 6 heteroatoms. The van der Waals surface area contributed by atoms with Crippen LogP contribution >= 0.6 is 0 Å². The Hall–Kier alpha value is -1.46. The summed E-state index contributed by atoms with van der Waals surface area (Å²) in [6.45, 7) is 1.57. The van der Waals surface area contributed by atoms with Crippen molar-refractivity contribution in [1.82, 2.24) is 4.98 Å². The Balaban J connectivity index is 2.75. The second kappa shape index (κ2) is 5.05. The van der Waals surface area contributed by atoms with Crippen molar-refractivity contribution in [3.63, 3.8) is 0 Å². The minimum absolute atomic E-state index is 0.302. The first-order valence-corrected chi connectivity index (χ1v) is 4.91. The lowest BCUT2D eigenvalue weighted by molar-refractivity contribution is -0.119. The fourth-order valence-electron chi connectivity index (χ4n) is 1.27. The Kier molecular flexibility index (Phi) is 3.98. The summed E-state index contributed by atoms with van der Waals surface area (Å²) in [5.74, 6) is 0.879. The van der Waals surface area contributed by atoms with E-state index in [-0.39, 0.29) is 0 Å². The van der Waals surface area contributed by atoms with Gasteiger partial charge in [0.15, 0.2) is 0 Å². The largest absolute Gasteiger partial charge is 0.405 e. The molecule has 0 radical (unpaired) electrons. The van der Waals surface area contributed by atoms with Gasteiger partial charge in [0, 0.05) is 13.6 Å². The predicted octanol–water partition coefficient (Wildman–Crippen LogP) is 2.51. The summed E-state index contributed by atoms with van der Waals surface area (Å²) in [6, 6.07) is 4.94. The Labute approximate surface area is 92.3 Å². The maximum absolute atomic E-state index is 12.2. The van der Waals surface area contributed by atoms with E-state index in [1.807, 2.05) is 6.92 Å². The minimum atomic E-state index is -4.22. The number of alkyl halides is 3. The second-order valence-corrected chi connectivity index (χ2v) is 3.38. The van der Waals surface area contributed by atoms with E-state index in [2.05, 4.69) is 10.3 Å². The van der Waals surface area contributed by atoms with E-state index in [0.717, 1.165) is 4.90 Å². The number of hydrogen-bond donors (Lipinski definition) is 1. The highest BCUT2D eigenvalue weighted by molar-refractivity contribution is 5.46. The lowest BCUT2D eigenvalue weighted by atomic mass is 10.4. The third-order valence-corrected chi connectivity index (χ3v) is 1.90. The molecular formula is C10H14F3N3. The first-order chi connectivity index (χ1) is 7.42.